The van der Waals surface area contributed by atoms with Crippen molar-refractivity contribution in [3.8, 4) is 0 Å². The minimum Gasteiger partial charge on any atom is -0.545 e. The number of hydrogen-bond donors (Lipinski definition) is 0. The van der Waals surface area contributed by atoms with Crippen LogP contribution < -0.4 is 5.11 Å². The second kappa shape index (κ2) is 4.88. The van der Waals surface area contributed by atoms with Gasteiger partial charge in [-0.2, -0.15) is 4.52 Å². The van der Waals surface area contributed by atoms with Crippen LogP contribution in [0.4, 0.5) is 0 Å². The van der Waals surface area contributed by atoms with Crippen molar-refractivity contribution in [2.45, 2.75) is 32.6 Å². The van der Waals surface area contributed by atoms with Crippen LogP contribution >= 0.6 is 11.3 Å². The number of nitrogens with zero attached hydrogens (tertiary/aromatic N) is 4. The minimum absolute atomic E-state index is 0.359. The summed E-state index contributed by atoms with van der Waals surface area (Å²) in [7, 11) is 0. The average molecular weight is 313 g/mol. The molecule has 0 aliphatic heterocycles. The van der Waals surface area contributed by atoms with Crippen molar-refractivity contribution in [2.24, 2.45) is 0 Å². The van der Waals surface area contributed by atoms with Crippen LogP contribution in [0.15, 0.2) is 6.08 Å². The van der Waals surface area contributed by atoms with E-state index < -0.39 is 5.97 Å². The normalized spacial score (nSPS) is 15.0. The van der Waals surface area contributed by atoms with Gasteiger partial charge >= 0.3 is 0 Å². The zero-order chi connectivity index (χ0) is 15.3. The third-order valence-electron chi connectivity index (χ3n) is 3.94. The average Bonchev–Trinajstić information content (AvgIpc) is 3.05. The van der Waals surface area contributed by atoms with Crippen molar-refractivity contribution in [2.75, 3.05) is 0 Å². The maximum atomic E-state index is 10.5. The van der Waals surface area contributed by atoms with E-state index >= 15 is 0 Å². The third-order valence-corrected chi connectivity index (χ3v) is 5.12. The predicted molar refractivity (Wildman–Crippen MR) is 81.6 cm³/mol. The van der Waals surface area contributed by atoms with Gasteiger partial charge in [-0.1, -0.05) is 0 Å². The number of aryl methyl sites for hydroxylation is 3. The molecule has 22 heavy (non-hydrogen) atoms. The largest absolute Gasteiger partial charge is 0.545 e. The fourth-order valence-electron chi connectivity index (χ4n) is 2.98. The number of thiophene rings is 1. The van der Waals surface area contributed by atoms with Gasteiger partial charge in [0, 0.05) is 4.88 Å². The summed E-state index contributed by atoms with van der Waals surface area (Å²) in [4.78, 5) is 22.1. The van der Waals surface area contributed by atoms with E-state index in [4.69, 9.17) is 0 Å². The van der Waals surface area contributed by atoms with E-state index in [1.54, 1.807) is 15.9 Å². The molecule has 6 nitrogen and oxygen atoms in total. The Morgan fingerprint density at radius 3 is 2.95 bits per heavy atom. The number of rotatable bonds is 2. The molecule has 0 unspecified atom stereocenters. The Balaban J connectivity index is 2.00. The van der Waals surface area contributed by atoms with E-state index in [2.05, 4.69) is 15.1 Å². The fraction of sp³-hybridized carbons (Fsp3) is 0.333. The third kappa shape index (κ3) is 2.00. The zero-order valence-corrected chi connectivity index (χ0v) is 12.8. The zero-order valence-electron chi connectivity index (χ0n) is 12.0. The Bertz CT molecular complexity index is 938. The molecule has 3 aromatic heterocycles. The van der Waals surface area contributed by atoms with Crippen molar-refractivity contribution >= 4 is 39.2 Å². The number of carboxylic acids is 1. The highest BCUT2D eigenvalue weighted by Crippen LogP contribution is 2.37. The Hall–Kier alpha value is -2.28. The molecular weight excluding hydrogens is 300 g/mol. The number of hydrogen-bond acceptors (Lipinski definition) is 6. The summed E-state index contributed by atoms with van der Waals surface area (Å²) in [6.45, 7) is 1.88. The number of aliphatic carboxylic acids is 1. The van der Waals surface area contributed by atoms with Gasteiger partial charge < -0.3 is 9.90 Å². The highest BCUT2D eigenvalue weighted by molar-refractivity contribution is 7.19. The molecule has 0 N–H and O–H groups in total. The van der Waals surface area contributed by atoms with Crippen LogP contribution in [0.2, 0.25) is 0 Å². The summed E-state index contributed by atoms with van der Waals surface area (Å²) in [6.07, 6.45) is 6.86. The van der Waals surface area contributed by atoms with Gasteiger partial charge in [0.15, 0.2) is 11.5 Å². The van der Waals surface area contributed by atoms with Crippen LogP contribution in [0.1, 0.15) is 34.9 Å². The van der Waals surface area contributed by atoms with Crippen LogP contribution in [-0.4, -0.2) is 25.6 Å². The molecule has 3 aromatic rings. The van der Waals surface area contributed by atoms with Crippen molar-refractivity contribution in [1.29, 1.82) is 0 Å². The van der Waals surface area contributed by atoms with E-state index in [1.165, 1.54) is 29.4 Å². The Morgan fingerprint density at radius 2 is 2.14 bits per heavy atom. The Morgan fingerprint density at radius 1 is 1.32 bits per heavy atom. The molecule has 0 bridgehead atoms. The molecule has 0 spiro atoms. The molecule has 7 heteroatoms. The monoisotopic (exact) mass is 313 g/mol. The summed E-state index contributed by atoms with van der Waals surface area (Å²) in [5, 5.41) is 16.0. The van der Waals surface area contributed by atoms with Gasteiger partial charge in [0.1, 0.15) is 10.7 Å². The SMILES string of the molecule is Cc1nc2sc3c(c2c2nc(/C=C/C(=O)[O-])nn12)CCCC3. The van der Waals surface area contributed by atoms with Gasteiger partial charge in [-0.05, 0) is 50.3 Å². The van der Waals surface area contributed by atoms with E-state index in [9.17, 15) is 9.90 Å². The van der Waals surface area contributed by atoms with Gasteiger partial charge in [-0.15, -0.1) is 16.4 Å². The second-order valence-electron chi connectivity index (χ2n) is 5.41. The molecule has 4 rings (SSSR count). The van der Waals surface area contributed by atoms with Gasteiger partial charge in [0.25, 0.3) is 0 Å². The Kier molecular flexibility index (Phi) is 2.97. The second-order valence-corrected chi connectivity index (χ2v) is 6.49. The number of carbonyl (C=O) groups is 1. The highest BCUT2D eigenvalue weighted by atomic mass is 32.1. The number of carboxylic acid groups (broad SMARTS) is 1. The molecule has 3 heterocycles. The predicted octanol–water partition coefficient (Wildman–Crippen LogP) is 1.29. The molecular formula is C15H13N4O2S-. The first-order chi connectivity index (χ1) is 10.6. The molecule has 0 amide bonds. The van der Waals surface area contributed by atoms with E-state index in [0.717, 1.165) is 40.6 Å². The van der Waals surface area contributed by atoms with Crippen molar-refractivity contribution in [1.82, 2.24) is 19.6 Å². The molecule has 1 aliphatic carbocycles. The molecule has 0 saturated carbocycles. The number of fused-ring (bicyclic) bond motifs is 5. The topological polar surface area (TPSA) is 83.2 Å². The van der Waals surface area contributed by atoms with Crippen LogP contribution in [0.25, 0.3) is 21.9 Å². The van der Waals surface area contributed by atoms with Gasteiger partial charge in [-0.3, -0.25) is 0 Å². The minimum atomic E-state index is -1.26. The first kappa shape index (κ1) is 13.4. The van der Waals surface area contributed by atoms with Crippen molar-refractivity contribution in [3.05, 3.63) is 28.2 Å². The van der Waals surface area contributed by atoms with Gasteiger partial charge in [0.05, 0.1) is 11.4 Å². The lowest BCUT2D eigenvalue weighted by Gasteiger charge is -2.10. The fourth-order valence-corrected chi connectivity index (χ4v) is 4.29. The molecule has 0 atom stereocenters. The van der Waals surface area contributed by atoms with Crippen LogP contribution in [-0.2, 0) is 17.6 Å². The smallest absolute Gasteiger partial charge is 0.175 e. The summed E-state index contributed by atoms with van der Waals surface area (Å²) >= 11 is 1.74. The standard InChI is InChI=1S/C15H14N4O2S/c1-8-16-15-13(9-4-2-3-5-10(9)22-15)14-17-11(18-19(8)14)6-7-12(20)21/h6-7H,2-5H2,1H3,(H,20,21)/p-1/b7-6+. The summed E-state index contributed by atoms with van der Waals surface area (Å²) in [6, 6.07) is 0. The quantitative estimate of drug-likeness (QED) is 0.666. The molecule has 0 aromatic carbocycles. The van der Waals surface area contributed by atoms with Crippen LogP contribution in [0.5, 0.6) is 0 Å². The van der Waals surface area contributed by atoms with E-state index in [-0.39, 0.29) is 0 Å². The summed E-state index contributed by atoms with van der Waals surface area (Å²) < 4.78 is 1.69. The highest BCUT2D eigenvalue weighted by Gasteiger charge is 2.21. The molecule has 112 valence electrons. The molecule has 1 aliphatic rings. The van der Waals surface area contributed by atoms with Gasteiger partial charge in [0.2, 0.25) is 0 Å². The molecule has 0 saturated heterocycles. The molecule has 0 radical (unpaired) electrons. The molecule has 0 fully saturated rings. The lowest BCUT2D eigenvalue weighted by Crippen LogP contribution is -2.18. The van der Waals surface area contributed by atoms with Crippen LogP contribution in [0, 0.1) is 6.92 Å². The van der Waals surface area contributed by atoms with Crippen molar-refractivity contribution < 1.29 is 9.90 Å². The lowest BCUT2D eigenvalue weighted by molar-refractivity contribution is -0.297. The number of aromatic nitrogens is 4. The summed E-state index contributed by atoms with van der Waals surface area (Å²) in [5.41, 5.74) is 2.10. The maximum absolute atomic E-state index is 10.5. The first-order valence-electron chi connectivity index (χ1n) is 7.20. The summed E-state index contributed by atoms with van der Waals surface area (Å²) in [5.74, 6) is -0.147. The Labute approximate surface area is 130 Å². The number of carbonyl (C=O) groups excluding carboxylic acids is 1. The van der Waals surface area contributed by atoms with E-state index in [1.807, 2.05) is 6.92 Å². The maximum Gasteiger partial charge on any atom is 0.175 e. The van der Waals surface area contributed by atoms with Gasteiger partial charge in [-0.25, -0.2) is 9.97 Å². The van der Waals surface area contributed by atoms with Crippen LogP contribution in [0.3, 0.4) is 0 Å². The van der Waals surface area contributed by atoms with Crippen molar-refractivity contribution in [3.63, 3.8) is 0 Å². The first-order valence-corrected chi connectivity index (χ1v) is 8.02. The van der Waals surface area contributed by atoms with E-state index in [0.29, 0.717) is 5.82 Å². The lowest BCUT2D eigenvalue weighted by atomic mass is 9.97.